The predicted molar refractivity (Wildman–Crippen MR) is 102 cm³/mol. The quantitative estimate of drug-likeness (QED) is 0.859. The number of hydrogen-bond donors (Lipinski definition) is 2. The third-order valence-corrected chi connectivity index (χ3v) is 4.77. The third kappa shape index (κ3) is 4.83. The second-order valence-corrected chi connectivity index (χ2v) is 6.51. The summed E-state index contributed by atoms with van der Waals surface area (Å²) in [5.41, 5.74) is 4.45. The Hall–Kier alpha value is -1.85. The van der Waals surface area contributed by atoms with Crippen LogP contribution in [0.1, 0.15) is 41.8 Å². The molecule has 136 valence electrons. The third-order valence-electron chi connectivity index (χ3n) is 4.77. The molecule has 3 rings (SSSR count). The Kier molecular flexibility index (Phi) is 7.02. The van der Waals surface area contributed by atoms with Gasteiger partial charge in [-0.3, -0.25) is 9.48 Å². The highest BCUT2D eigenvalue weighted by Gasteiger charge is 2.21. The lowest BCUT2D eigenvalue weighted by Gasteiger charge is -2.22. The standard InChI is InChI=1S/C19H26N4O.ClH/c1-14-17(12-21-19(24)18-10-6-7-11-20-18)15(2)23(22-14)13-16-8-4-3-5-9-16;/h3-5,8-9,18,20H,6-7,10-13H2,1-2H3,(H,21,24);1H. The second-order valence-electron chi connectivity index (χ2n) is 6.51. The molecule has 25 heavy (non-hydrogen) atoms. The molecule has 2 heterocycles. The van der Waals surface area contributed by atoms with Crippen LogP contribution in [-0.2, 0) is 17.9 Å². The molecule has 5 nitrogen and oxygen atoms in total. The van der Waals surface area contributed by atoms with Crippen molar-refractivity contribution < 1.29 is 4.79 Å². The molecule has 1 aromatic heterocycles. The number of nitrogens with one attached hydrogen (secondary N) is 2. The Bertz CT molecular complexity index is 693. The minimum Gasteiger partial charge on any atom is -0.351 e. The van der Waals surface area contributed by atoms with Crippen molar-refractivity contribution in [2.75, 3.05) is 6.54 Å². The van der Waals surface area contributed by atoms with Crippen LogP contribution in [0.5, 0.6) is 0 Å². The van der Waals surface area contributed by atoms with Gasteiger partial charge in [-0.1, -0.05) is 36.8 Å². The van der Waals surface area contributed by atoms with Crippen molar-refractivity contribution in [1.82, 2.24) is 20.4 Å². The van der Waals surface area contributed by atoms with Gasteiger partial charge in [0.15, 0.2) is 0 Å². The van der Waals surface area contributed by atoms with Crippen LogP contribution in [0.4, 0.5) is 0 Å². The lowest BCUT2D eigenvalue weighted by Crippen LogP contribution is -2.46. The van der Waals surface area contributed by atoms with Gasteiger partial charge in [0.2, 0.25) is 5.91 Å². The fraction of sp³-hybridized carbons (Fsp3) is 0.474. The van der Waals surface area contributed by atoms with Crippen molar-refractivity contribution >= 4 is 18.3 Å². The van der Waals surface area contributed by atoms with Crippen molar-refractivity contribution in [3.8, 4) is 0 Å². The summed E-state index contributed by atoms with van der Waals surface area (Å²) < 4.78 is 2.02. The van der Waals surface area contributed by atoms with E-state index in [9.17, 15) is 4.79 Å². The molecule has 0 aliphatic carbocycles. The van der Waals surface area contributed by atoms with Crippen LogP contribution in [0.15, 0.2) is 30.3 Å². The van der Waals surface area contributed by atoms with Gasteiger partial charge in [0, 0.05) is 17.8 Å². The Labute approximate surface area is 155 Å². The van der Waals surface area contributed by atoms with Crippen molar-refractivity contribution in [2.24, 2.45) is 0 Å². The second kappa shape index (κ2) is 9.02. The van der Waals surface area contributed by atoms with Gasteiger partial charge in [0.05, 0.1) is 18.3 Å². The first-order chi connectivity index (χ1) is 11.6. The molecule has 1 amide bonds. The van der Waals surface area contributed by atoms with Crippen molar-refractivity contribution in [2.45, 2.75) is 52.2 Å². The van der Waals surface area contributed by atoms with Gasteiger partial charge in [-0.25, -0.2) is 0 Å². The van der Waals surface area contributed by atoms with E-state index in [1.165, 1.54) is 5.56 Å². The maximum absolute atomic E-state index is 12.3. The summed E-state index contributed by atoms with van der Waals surface area (Å²) >= 11 is 0. The van der Waals surface area contributed by atoms with E-state index < -0.39 is 0 Å². The smallest absolute Gasteiger partial charge is 0.237 e. The average molecular weight is 363 g/mol. The summed E-state index contributed by atoms with van der Waals surface area (Å²) in [6, 6.07) is 10.3. The number of piperidine rings is 1. The zero-order valence-corrected chi connectivity index (χ0v) is 15.7. The van der Waals surface area contributed by atoms with E-state index >= 15 is 0 Å². The predicted octanol–water partition coefficient (Wildman–Crippen LogP) is 2.73. The van der Waals surface area contributed by atoms with Crippen LogP contribution in [-0.4, -0.2) is 28.3 Å². The van der Waals surface area contributed by atoms with Gasteiger partial charge in [-0.05, 0) is 38.8 Å². The molecule has 1 saturated heterocycles. The summed E-state index contributed by atoms with van der Waals surface area (Å²) in [6.45, 7) is 6.32. The Morgan fingerprint density at radius 1 is 1.28 bits per heavy atom. The SMILES string of the molecule is Cc1nn(Cc2ccccc2)c(C)c1CNC(=O)C1CCCCN1.Cl. The van der Waals surface area contributed by atoms with E-state index in [1.54, 1.807) is 0 Å². The number of halogens is 1. The largest absolute Gasteiger partial charge is 0.351 e. The van der Waals surface area contributed by atoms with Crippen LogP contribution >= 0.6 is 12.4 Å². The van der Waals surface area contributed by atoms with Crippen LogP contribution < -0.4 is 10.6 Å². The highest BCUT2D eigenvalue weighted by atomic mass is 35.5. The number of benzene rings is 1. The molecule has 2 N–H and O–H groups in total. The van der Waals surface area contributed by atoms with Crippen LogP contribution in [0, 0.1) is 13.8 Å². The molecule has 2 aromatic rings. The molecule has 1 fully saturated rings. The molecular weight excluding hydrogens is 336 g/mol. The molecule has 1 atom stereocenters. The first-order valence-corrected chi connectivity index (χ1v) is 8.73. The van der Waals surface area contributed by atoms with Gasteiger partial charge in [-0.15, -0.1) is 12.4 Å². The molecule has 1 aliphatic heterocycles. The van der Waals surface area contributed by atoms with E-state index in [0.717, 1.165) is 49.3 Å². The molecule has 6 heteroatoms. The summed E-state index contributed by atoms with van der Waals surface area (Å²) in [5.74, 6) is 0.101. The summed E-state index contributed by atoms with van der Waals surface area (Å²) in [5, 5.41) is 11.0. The molecule has 0 spiro atoms. The van der Waals surface area contributed by atoms with Crippen molar-refractivity contribution in [1.29, 1.82) is 0 Å². The van der Waals surface area contributed by atoms with Gasteiger partial charge in [0.1, 0.15) is 0 Å². The minimum atomic E-state index is -0.0428. The molecule has 0 saturated carbocycles. The fourth-order valence-electron chi connectivity index (χ4n) is 3.27. The Balaban J connectivity index is 0.00000225. The zero-order valence-electron chi connectivity index (χ0n) is 14.9. The normalized spacial score (nSPS) is 17.0. The van der Waals surface area contributed by atoms with E-state index in [0.29, 0.717) is 6.54 Å². The van der Waals surface area contributed by atoms with Gasteiger partial charge < -0.3 is 10.6 Å². The number of carbonyl (C=O) groups excluding carboxylic acids is 1. The number of amides is 1. The van der Waals surface area contributed by atoms with E-state index in [-0.39, 0.29) is 24.4 Å². The van der Waals surface area contributed by atoms with Gasteiger partial charge in [0.25, 0.3) is 0 Å². The van der Waals surface area contributed by atoms with Crippen LogP contribution in [0.3, 0.4) is 0 Å². The number of aryl methyl sites for hydroxylation is 1. The first kappa shape index (κ1) is 19.5. The fourth-order valence-corrected chi connectivity index (χ4v) is 3.27. The van der Waals surface area contributed by atoms with E-state index in [1.807, 2.05) is 29.8 Å². The van der Waals surface area contributed by atoms with Crippen LogP contribution in [0.2, 0.25) is 0 Å². The molecule has 1 aliphatic rings. The Morgan fingerprint density at radius 3 is 2.72 bits per heavy atom. The summed E-state index contributed by atoms with van der Waals surface area (Å²) in [4.78, 5) is 12.3. The van der Waals surface area contributed by atoms with Crippen molar-refractivity contribution in [3.05, 3.63) is 52.8 Å². The average Bonchev–Trinajstić information content (AvgIpc) is 2.88. The molecule has 0 bridgehead atoms. The number of rotatable bonds is 5. The maximum atomic E-state index is 12.3. The molecule has 0 radical (unpaired) electrons. The monoisotopic (exact) mass is 362 g/mol. The molecular formula is C19H27ClN4O. The van der Waals surface area contributed by atoms with E-state index in [2.05, 4.69) is 34.8 Å². The number of hydrogen-bond acceptors (Lipinski definition) is 3. The minimum absolute atomic E-state index is 0. The highest BCUT2D eigenvalue weighted by Crippen LogP contribution is 2.15. The summed E-state index contributed by atoms with van der Waals surface area (Å²) in [6.07, 6.45) is 3.21. The van der Waals surface area contributed by atoms with Crippen LogP contribution in [0.25, 0.3) is 0 Å². The maximum Gasteiger partial charge on any atom is 0.237 e. The highest BCUT2D eigenvalue weighted by molar-refractivity contribution is 5.85. The van der Waals surface area contributed by atoms with Gasteiger partial charge in [-0.2, -0.15) is 5.10 Å². The van der Waals surface area contributed by atoms with E-state index in [4.69, 9.17) is 0 Å². The molecule has 1 unspecified atom stereocenters. The number of aromatic nitrogens is 2. The lowest BCUT2D eigenvalue weighted by molar-refractivity contribution is -0.123. The number of nitrogens with zero attached hydrogens (tertiary/aromatic N) is 2. The topological polar surface area (TPSA) is 59.0 Å². The Morgan fingerprint density at radius 2 is 2.04 bits per heavy atom. The lowest BCUT2D eigenvalue weighted by atomic mass is 10.0. The number of carbonyl (C=O) groups is 1. The van der Waals surface area contributed by atoms with Crippen molar-refractivity contribution in [3.63, 3.8) is 0 Å². The molecule has 1 aromatic carbocycles. The summed E-state index contributed by atoms with van der Waals surface area (Å²) in [7, 11) is 0. The van der Waals surface area contributed by atoms with Gasteiger partial charge >= 0.3 is 0 Å². The first-order valence-electron chi connectivity index (χ1n) is 8.73. The zero-order chi connectivity index (χ0) is 16.9.